The van der Waals surface area contributed by atoms with Gasteiger partial charge in [-0.1, -0.05) is 34.1 Å². The molecule has 0 aliphatic carbocycles. The van der Waals surface area contributed by atoms with Gasteiger partial charge in [0, 0.05) is 17.1 Å². The lowest BCUT2D eigenvalue weighted by atomic mass is 10.1. The normalized spacial score (nSPS) is 15.1. The van der Waals surface area contributed by atoms with Gasteiger partial charge in [-0.25, -0.2) is 0 Å². The molecule has 0 saturated heterocycles. The van der Waals surface area contributed by atoms with E-state index in [0.29, 0.717) is 6.54 Å². The van der Waals surface area contributed by atoms with Crippen molar-refractivity contribution in [3.63, 3.8) is 0 Å². The SMILES string of the molecule is CC(O)CN[C@@H](C)c1ccccc1Br. The van der Waals surface area contributed by atoms with Gasteiger partial charge in [0.15, 0.2) is 0 Å². The van der Waals surface area contributed by atoms with Crippen molar-refractivity contribution in [2.45, 2.75) is 26.0 Å². The number of hydrogen-bond acceptors (Lipinski definition) is 2. The van der Waals surface area contributed by atoms with Crippen LogP contribution in [0.2, 0.25) is 0 Å². The molecule has 0 aliphatic rings. The minimum atomic E-state index is -0.306. The summed E-state index contributed by atoms with van der Waals surface area (Å²) in [5.74, 6) is 0. The number of halogens is 1. The van der Waals surface area contributed by atoms with E-state index in [1.54, 1.807) is 6.92 Å². The average molecular weight is 258 g/mol. The summed E-state index contributed by atoms with van der Waals surface area (Å²) in [6.07, 6.45) is -0.306. The van der Waals surface area contributed by atoms with Crippen LogP contribution in [0.4, 0.5) is 0 Å². The zero-order chi connectivity index (χ0) is 10.6. The molecule has 0 heterocycles. The predicted molar refractivity (Wildman–Crippen MR) is 62.2 cm³/mol. The molecule has 0 bridgehead atoms. The van der Waals surface area contributed by atoms with Crippen molar-refractivity contribution in [2.75, 3.05) is 6.54 Å². The molecule has 2 nitrogen and oxygen atoms in total. The Morgan fingerprint density at radius 3 is 2.57 bits per heavy atom. The predicted octanol–water partition coefficient (Wildman–Crippen LogP) is 2.48. The molecule has 1 aromatic rings. The second-order valence-corrected chi connectivity index (χ2v) is 4.35. The Bertz CT molecular complexity index is 288. The monoisotopic (exact) mass is 257 g/mol. The fourth-order valence-corrected chi connectivity index (χ4v) is 1.91. The van der Waals surface area contributed by atoms with Crippen LogP contribution < -0.4 is 5.32 Å². The highest BCUT2D eigenvalue weighted by molar-refractivity contribution is 9.10. The molecule has 0 aliphatic heterocycles. The zero-order valence-corrected chi connectivity index (χ0v) is 10.1. The summed E-state index contributed by atoms with van der Waals surface area (Å²) in [6, 6.07) is 8.36. The Labute approximate surface area is 93.5 Å². The number of benzene rings is 1. The van der Waals surface area contributed by atoms with Crippen LogP contribution in [-0.2, 0) is 0 Å². The van der Waals surface area contributed by atoms with Crippen LogP contribution in [0.1, 0.15) is 25.5 Å². The second-order valence-electron chi connectivity index (χ2n) is 3.50. The lowest BCUT2D eigenvalue weighted by molar-refractivity contribution is 0.187. The first-order valence-electron chi connectivity index (χ1n) is 4.77. The van der Waals surface area contributed by atoms with Crippen LogP contribution in [0.3, 0.4) is 0 Å². The third-order valence-electron chi connectivity index (χ3n) is 2.09. The molecule has 1 unspecified atom stereocenters. The Balaban J connectivity index is 2.60. The fraction of sp³-hybridized carbons (Fsp3) is 0.455. The van der Waals surface area contributed by atoms with Gasteiger partial charge in [-0.15, -0.1) is 0 Å². The van der Waals surface area contributed by atoms with Crippen LogP contribution in [0.25, 0.3) is 0 Å². The second kappa shape index (κ2) is 5.49. The van der Waals surface area contributed by atoms with Gasteiger partial charge in [-0.2, -0.15) is 0 Å². The van der Waals surface area contributed by atoms with E-state index in [1.807, 2.05) is 18.2 Å². The topological polar surface area (TPSA) is 32.3 Å². The van der Waals surface area contributed by atoms with Gasteiger partial charge in [0.1, 0.15) is 0 Å². The molecule has 2 atom stereocenters. The minimum absolute atomic E-state index is 0.250. The molecule has 0 saturated carbocycles. The molecule has 0 aromatic heterocycles. The van der Waals surface area contributed by atoms with Gasteiger partial charge in [0.25, 0.3) is 0 Å². The van der Waals surface area contributed by atoms with Crippen LogP contribution >= 0.6 is 15.9 Å². The van der Waals surface area contributed by atoms with E-state index < -0.39 is 0 Å². The summed E-state index contributed by atoms with van der Waals surface area (Å²) in [5.41, 5.74) is 1.22. The number of nitrogens with one attached hydrogen (secondary N) is 1. The van der Waals surface area contributed by atoms with Crippen molar-refractivity contribution in [3.05, 3.63) is 34.3 Å². The maximum absolute atomic E-state index is 9.14. The lowest BCUT2D eigenvalue weighted by Gasteiger charge is -2.16. The lowest BCUT2D eigenvalue weighted by Crippen LogP contribution is -2.27. The first kappa shape index (κ1) is 11.7. The van der Waals surface area contributed by atoms with E-state index in [1.165, 1.54) is 5.56 Å². The van der Waals surface area contributed by atoms with E-state index in [0.717, 1.165) is 4.47 Å². The quantitative estimate of drug-likeness (QED) is 0.869. The highest BCUT2D eigenvalue weighted by Gasteiger charge is 2.08. The maximum Gasteiger partial charge on any atom is 0.0636 e. The average Bonchev–Trinajstić information content (AvgIpc) is 2.15. The van der Waals surface area contributed by atoms with Crippen molar-refractivity contribution in [3.8, 4) is 0 Å². The molecule has 1 rings (SSSR count). The van der Waals surface area contributed by atoms with Crippen LogP contribution in [0, 0.1) is 0 Å². The molecule has 14 heavy (non-hydrogen) atoms. The van der Waals surface area contributed by atoms with Gasteiger partial charge in [0.05, 0.1) is 6.10 Å². The van der Waals surface area contributed by atoms with E-state index in [4.69, 9.17) is 5.11 Å². The van der Waals surface area contributed by atoms with Crippen molar-refractivity contribution >= 4 is 15.9 Å². The molecule has 2 N–H and O–H groups in total. The van der Waals surface area contributed by atoms with Crippen LogP contribution in [0.15, 0.2) is 28.7 Å². The summed E-state index contributed by atoms with van der Waals surface area (Å²) >= 11 is 3.50. The summed E-state index contributed by atoms with van der Waals surface area (Å²) in [6.45, 7) is 4.48. The van der Waals surface area contributed by atoms with E-state index in [9.17, 15) is 0 Å². The molecule has 0 amide bonds. The van der Waals surface area contributed by atoms with E-state index in [-0.39, 0.29) is 12.1 Å². The van der Waals surface area contributed by atoms with Crippen molar-refractivity contribution in [1.82, 2.24) is 5.32 Å². The highest BCUT2D eigenvalue weighted by Crippen LogP contribution is 2.22. The maximum atomic E-state index is 9.14. The van der Waals surface area contributed by atoms with Crippen LogP contribution in [-0.4, -0.2) is 17.8 Å². The molecule has 0 fully saturated rings. The summed E-state index contributed by atoms with van der Waals surface area (Å²) < 4.78 is 1.10. The molecule has 3 heteroatoms. The smallest absolute Gasteiger partial charge is 0.0636 e. The largest absolute Gasteiger partial charge is 0.392 e. The van der Waals surface area contributed by atoms with E-state index in [2.05, 4.69) is 34.2 Å². The summed E-state index contributed by atoms with van der Waals surface area (Å²) in [5, 5.41) is 12.4. The number of hydrogen-bond donors (Lipinski definition) is 2. The zero-order valence-electron chi connectivity index (χ0n) is 8.50. The van der Waals surface area contributed by atoms with E-state index >= 15 is 0 Å². The highest BCUT2D eigenvalue weighted by atomic mass is 79.9. The number of rotatable bonds is 4. The molecule has 0 radical (unpaired) electrons. The third-order valence-corrected chi connectivity index (χ3v) is 2.81. The summed E-state index contributed by atoms with van der Waals surface area (Å²) in [7, 11) is 0. The molecular weight excluding hydrogens is 242 g/mol. The van der Waals surface area contributed by atoms with Gasteiger partial charge in [-0.05, 0) is 25.5 Å². The minimum Gasteiger partial charge on any atom is -0.392 e. The van der Waals surface area contributed by atoms with Gasteiger partial charge in [-0.3, -0.25) is 0 Å². The van der Waals surface area contributed by atoms with Gasteiger partial charge >= 0.3 is 0 Å². The van der Waals surface area contributed by atoms with Gasteiger partial charge in [0.2, 0.25) is 0 Å². The third kappa shape index (κ3) is 3.40. The van der Waals surface area contributed by atoms with Crippen molar-refractivity contribution in [2.24, 2.45) is 0 Å². The Hall–Kier alpha value is -0.380. The Morgan fingerprint density at radius 1 is 1.36 bits per heavy atom. The summed E-state index contributed by atoms with van der Waals surface area (Å²) in [4.78, 5) is 0. The Kier molecular flexibility index (Phi) is 4.58. The van der Waals surface area contributed by atoms with Gasteiger partial charge < -0.3 is 10.4 Å². The molecule has 1 aromatic carbocycles. The molecular formula is C11H16BrNO. The fourth-order valence-electron chi connectivity index (χ4n) is 1.28. The first-order chi connectivity index (χ1) is 6.61. The first-order valence-corrected chi connectivity index (χ1v) is 5.56. The van der Waals surface area contributed by atoms with Crippen molar-refractivity contribution in [1.29, 1.82) is 0 Å². The molecule has 0 spiro atoms. The van der Waals surface area contributed by atoms with Crippen LogP contribution in [0.5, 0.6) is 0 Å². The standard InChI is InChI=1S/C11H16BrNO/c1-8(14)7-13-9(2)10-5-3-4-6-11(10)12/h3-6,8-9,13-14H,7H2,1-2H3/t8?,9-/m0/s1. The molecule has 78 valence electrons. The number of aliphatic hydroxyl groups excluding tert-OH is 1. The number of aliphatic hydroxyl groups is 1. The Morgan fingerprint density at radius 2 is 2.00 bits per heavy atom. The van der Waals surface area contributed by atoms with Crippen molar-refractivity contribution < 1.29 is 5.11 Å².